The molecule has 208 valence electrons. The van der Waals surface area contributed by atoms with Gasteiger partial charge in [-0.15, -0.1) is 0 Å². The predicted octanol–water partition coefficient (Wildman–Crippen LogP) is 4.26. The number of aromatic nitrogens is 1. The van der Waals surface area contributed by atoms with E-state index in [2.05, 4.69) is 0 Å². The number of hydrogen-bond donors (Lipinski definition) is 0. The van der Waals surface area contributed by atoms with Gasteiger partial charge in [0.05, 0.1) is 35.1 Å². The number of carbonyl (C=O) groups excluding carboxylic acids is 2. The first kappa shape index (κ1) is 27.8. The molecular formula is C32H28N2O6S. The van der Waals surface area contributed by atoms with E-state index in [4.69, 9.17) is 19.2 Å². The second-order valence-electron chi connectivity index (χ2n) is 9.08. The van der Waals surface area contributed by atoms with Gasteiger partial charge in [-0.2, -0.15) is 0 Å². The van der Waals surface area contributed by atoms with Crippen LogP contribution < -0.4 is 24.4 Å². The highest BCUT2D eigenvalue weighted by Gasteiger charge is 2.35. The minimum absolute atomic E-state index is 0.182. The maximum absolute atomic E-state index is 14.0. The fourth-order valence-electron chi connectivity index (χ4n) is 4.66. The van der Waals surface area contributed by atoms with Crippen molar-refractivity contribution >= 4 is 35.0 Å². The monoisotopic (exact) mass is 568 g/mol. The van der Waals surface area contributed by atoms with Crippen molar-refractivity contribution in [3.63, 3.8) is 0 Å². The average molecular weight is 569 g/mol. The van der Waals surface area contributed by atoms with Gasteiger partial charge in [0.2, 0.25) is 0 Å². The van der Waals surface area contributed by atoms with Gasteiger partial charge in [0.1, 0.15) is 0 Å². The van der Waals surface area contributed by atoms with Crippen molar-refractivity contribution in [1.29, 1.82) is 0 Å². The summed E-state index contributed by atoms with van der Waals surface area (Å²) in [5, 5.41) is 0. The molecule has 0 N–H and O–H groups in total. The number of benzene rings is 3. The van der Waals surface area contributed by atoms with Crippen LogP contribution in [-0.4, -0.2) is 29.7 Å². The SMILES string of the molecule is CCOC(=O)C1=C(c2ccccc2)N=c2s/c(=C\c3ccc(OC(C)=O)c(OCC)c3)c(=O)n2[C@H]1c1ccccc1. The first-order chi connectivity index (χ1) is 19.9. The lowest BCUT2D eigenvalue weighted by Gasteiger charge is -2.25. The Kier molecular flexibility index (Phi) is 8.26. The Balaban J connectivity index is 1.74. The summed E-state index contributed by atoms with van der Waals surface area (Å²) in [7, 11) is 0. The standard InChI is InChI=1S/C32H28N2O6S/c1-4-38-25-18-21(16-17-24(25)40-20(3)35)19-26-30(36)34-29(23-14-10-7-11-15-23)27(31(37)39-5-2)28(33-32(34)41-26)22-12-8-6-9-13-22/h6-19,29H,4-5H2,1-3H3/b26-19-/t29-/m0/s1. The van der Waals surface area contributed by atoms with E-state index in [9.17, 15) is 14.4 Å². The fraction of sp³-hybridized carbons (Fsp3) is 0.188. The molecule has 0 bridgehead atoms. The van der Waals surface area contributed by atoms with Gasteiger partial charge < -0.3 is 14.2 Å². The minimum Gasteiger partial charge on any atom is -0.490 e. The molecule has 1 aliphatic heterocycles. The van der Waals surface area contributed by atoms with Crippen LogP contribution in [0.5, 0.6) is 11.5 Å². The van der Waals surface area contributed by atoms with Gasteiger partial charge in [-0.1, -0.05) is 78.1 Å². The van der Waals surface area contributed by atoms with E-state index in [1.54, 1.807) is 35.8 Å². The molecule has 0 spiro atoms. The van der Waals surface area contributed by atoms with E-state index in [-0.39, 0.29) is 12.2 Å². The smallest absolute Gasteiger partial charge is 0.338 e. The summed E-state index contributed by atoms with van der Waals surface area (Å²) >= 11 is 1.23. The average Bonchev–Trinajstić information content (AvgIpc) is 3.28. The van der Waals surface area contributed by atoms with Crippen LogP contribution in [0.25, 0.3) is 11.8 Å². The Bertz CT molecular complexity index is 1810. The van der Waals surface area contributed by atoms with Crippen LogP contribution in [-0.2, 0) is 14.3 Å². The number of fused-ring (bicyclic) bond motifs is 1. The first-order valence-electron chi connectivity index (χ1n) is 13.2. The lowest BCUT2D eigenvalue weighted by molar-refractivity contribution is -0.139. The molecule has 1 atom stereocenters. The molecule has 5 rings (SSSR count). The van der Waals surface area contributed by atoms with Gasteiger partial charge in [0, 0.05) is 12.5 Å². The van der Waals surface area contributed by atoms with Crippen molar-refractivity contribution in [2.45, 2.75) is 26.8 Å². The Labute approximate surface area is 240 Å². The summed E-state index contributed by atoms with van der Waals surface area (Å²) in [4.78, 5) is 44.3. The number of ether oxygens (including phenoxy) is 3. The summed E-state index contributed by atoms with van der Waals surface area (Å²) in [6.07, 6.45) is 1.74. The van der Waals surface area contributed by atoms with Gasteiger partial charge in [0.15, 0.2) is 16.3 Å². The molecule has 41 heavy (non-hydrogen) atoms. The van der Waals surface area contributed by atoms with Gasteiger partial charge in [-0.05, 0) is 43.2 Å². The molecule has 3 aromatic carbocycles. The molecule has 4 aromatic rings. The number of nitrogens with zero attached hydrogens (tertiary/aromatic N) is 2. The molecular weight excluding hydrogens is 540 g/mol. The zero-order valence-electron chi connectivity index (χ0n) is 22.8. The van der Waals surface area contributed by atoms with E-state index in [1.807, 2.05) is 67.6 Å². The Morgan fingerprint density at radius 1 is 0.951 bits per heavy atom. The highest BCUT2D eigenvalue weighted by Crippen LogP contribution is 2.35. The van der Waals surface area contributed by atoms with Crippen LogP contribution in [0.4, 0.5) is 0 Å². The highest BCUT2D eigenvalue weighted by atomic mass is 32.1. The van der Waals surface area contributed by atoms with Gasteiger partial charge in [-0.3, -0.25) is 14.2 Å². The third-order valence-electron chi connectivity index (χ3n) is 6.31. The van der Waals surface area contributed by atoms with Crippen molar-refractivity contribution in [3.05, 3.63) is 121 Å². The lowest BCUT2D eigenvalue weighted by Crippen LogP contribution is -2.39. The molecule has 1 aliphatic rings. The van der Waals surface area contributed by atoms with Crippen molar-refractivity contribution < 1.29 is 23.8 Å². The normalized spacial score (nSPS) is 14.7. The number of esters is 2. The second-order valence-corrected chi connectivity index (χ2v) is 10.1. The third kappa shape index (κ3) is 5.76. The molecule has 0 saturated carbocycles. The molecule has 0 fully saturated rings. The molecule has 0 radical (unpaired) electrons. The largest absolute Gasteiger partial charge is 0.490 e. The highest BCUT2D eigenvalue weighted by molar-refractivity contribution is 7.07. The van der Waals surface area contributed by atoms with Crippen molar-refractivity contribution in [2.24, 2.45) is 4.99 Å². The van der Waals surface area contributed by atoms with Crippen LogP contribution >= 0.6 is 11.3 Å². The number of carbonyl (C=O) groups is 2. The minimum atomic E-state index is -0.741. The third-order valence-corrected chi connectivity index (χ3v) is 7.29. The summed E-state index contributed by atoms with van der Waals surface area (Å²) in [6.45, 7) is 5.45. The molecule has 0 amide bonds. The van der Waals surface area contributed by atoms with Crippen LogP contribution in [0.15, 0.2) is 94.2 Å². The summed E-state index contributed by atoms with van der Waals surface area (Å²) in [5.74, 6) is -0.295. The molecule has 9 heteroatoms. The maximum Gasteiger partial charge on any atom is 0.338 e. The Morgan fingerprint density at radius 3 is 2.32 bits per heavy atom. The zero-order chi connectivity index (χ0) is 28.9. The van der Waals surface area contributed by atoms with E-state index < -0.39 is 18.0 Å². The van der Waals surface area contributed by atoms with E-state index in [0.717, 1.165) is 11.1 Å². The number of rotatable bonds is 8. The molecule has 0 saturated heterocycles. The lowest BCUT2D eigenvalue weighted by atomic mass is 9.93. The first-order valence-corrected chi connectivity index (χ1v) is 14.0. The topological polar surface area (TPSA) is 96.2 Å². The fourth-order valence-corrected chi connectivity index (χ4v) is 5.67. The van der Waals surface area contributed by atoms with Crippen molar-refractivity contribution in [3.8, 4) is 11.5 Å². The second kappa shape index (κ2) is 12.2. The van der Waals surface area contributed by atoms with E-state index in [1.165, 1.54) is 18.3 Å². The quantitative estimate of drug-likeness (QED) is 0.233. The van der Waals surface area contributed by atoms with E-state index in [0.29, 0.717) is 44.3 Å². The van der Waals surface area contributed by atoms with Crippen molar-refractivity contribution in [1.82, 2.24) is 4.57 Å². The molecule has 0 unspecified atom stereocenters. The van der Waals surface area contributed by atoms with Crippen LogP contribution in [0.3, 0.4) is 0 Å². The van der Waals surface area contributed by atoms with Crippen LogP contribution in [0, 0.1) is 0 Å². The van der Waals surface area contributed by atoms with Gasteiger partial charge >= 0.3 is 11.9 Å². The molecule has 0 aliphatic carbocycles. The summed E-state index contributed by atoms with van der Waals surface area (Å²) in [5.41, 5.74) is 2.66. The van der Waals surface area contributed by atoms with Gasteiger partial charge in [-0.25, -0.2) is 9.79 Å². The van der Waals surface area contributed by atoms with Crippen molar-refractivity contribution in [2.75, 3.05) is 13.2 Å². The summed E-state index contributed by atoms with van der Waals surface area (Å²) < 4.78 is 18.4. The molecule has 1 aromatic heterocycles. The van der Waals surface area contributed by atoms with Gasteiger partial charge in [0.25, 0.3) is 5.56 Å². The Morgan fingerprint density at radius 2 is 1.66 bits per heavy atom. The predicted molar refractivity (Wildman–Crippen MR) is 156 cm³/mol. The van der Waals surface area contributed by atoms with E-state index >= 15 is 0 Å². The molecule has 2 heterocycles. The van der Waals surface area contributed by atoms with Crippen LogP contribution in [0.2, 0.25) is 0 Å². The number of thiazole rings is 1. The summed E-state index contributed by atoms with van der Waals surface area (Å²) in [6, 6.07) is 23.2. The maximum atomic E-state index is 14.0. The Hall–Kier alpha value is -4.76. The van der Waals surface area contributed by atoms with Crippen LogP contribution in [0.1, 0.15) is 43.5 Å². The zero-order valence-corrected chi connectivity index (χ0v) is 23.6. The number of hydrogen-bond acceptors (Lipinski definition) is 8. The molecule has 8 nitrogen and oxygen atoms in total.